The second-order valence-electron chi connectivity index (χ2n) is 4.86. The minimum atomic E-state index is -0.578. The highest BCUT2D eigenvalue weighted by Gasteiger charge is 2.31. The molecule has 0 saturated carbocycles. The molecule has 0 bridgehead atoms. The fourth-order valence-electron chi connectivity index (χ4n) is 2.50. The molecule has 2 aromatic rings. The third kappa shape index (κ3) is 2.50. The molecule has 2 atom stereocenters. The second-order valence-corrected chi connectivity index (χ2v) is 4.86. The number of nitrogens with zero attached hydrogens (tertiary/aromatic N) is 1. The molecular weight excluding hydrogens is 256 g/mol. The molecule has 3 rings (SSSR count). The molecule has 0 radical (unpaired) electrons. The fraction of sp³-hybridized carbons (Fsp3) is 0.286. The summed E-state index contributed by atoms with van der Waals surface area (Å²) in [6.07, 6.45) is 1.62. The molecule has 2 unspecified atom stereocenters. The highest BCUT2D eigenvalue weighted by Crippen LogP contribution is 2.30. The zero-order chi connectivity index (χ0) is 13.9. The number of nitrogens with one attached hydrogen (secondary N) is 3. The van der Waals surface area contributed by atoms with Crippen LogP contribution in [0.5, 0.6) is 0 Å². The first-order valence-electron chi connectivity index (χ1n) is 6.52. The van der Waals surface area contributed by atoms with Gasteiger partial charge in [0.15, 0.2) is 0 Å². The van der Waals surface area contributed by atoms with E-state index in [0.29, 0.717) is 13.0 Å². The lowest BCUT2D eigenvalue weighted by Crippen LogP contribution is -2.40. The van der Waals surface area contributed by atoms with Gasteiger partial charge in [-0.05, 0) is 17.2 Å². The molecule has 2 amide bonds. The maximum atomic E-state index is 11.9. The minimum absolute atomic E-state index is 0.305. The van der Waals surface area contributed by atoms with Crippen LogP contribution in [-0.2, 0) is 13.0 Å². The van der Waals surface area contributed by atoms with Gasteiger partial charge in [-0.25, -0.2) is 4.79 Å². The number of aromatic nitrogens is 2. The third-order valence-corrected chi connectivity index (χ3v) is 3.49. The first kappa shape index (κ1) is 12.7. The summed E-state index contributed by atoms with van der Waals surface area (Å²) in [6.45, 7) is 0.371. The SMILES string of the molecule is O=C(NCc1ccn[nH]1)NC1c2ccccc2CC1O. The first-order chi connectivity index (χ1) is 9.74. The van der Waals surface area contributed by atoms with Crippen LogP contribution in [0.25, 0.3) is 0 Å². The standard InChI is InChI=1S/C14H16N4O2/c19-12-7-9-3-1-2-4-11(9)13(12)17-14(20)15-8-10-5-6-16-18-10/h1-6,12-13,19H,7-8H2,(H,16,18)(H2,15,17,20). The monoisotopic (exact) mass is 272 g/mol. The molecule has 1 aliphatic rings. The molecule has 1 heterocycles. The topological polar surface area (TPSA) is 90.0 Å². The van der Waals surface area contributed by atoms with Crippen molar-refractivity contribution in [3.8, 4) is 0 Å². The molecule has 0 fully saturated rings. The Hall–Kier alpha value is -2.34. The van der Waals surface area contributed by atoms with Crippen molar-refractivity contribution in [1.29, 1.82) is 0 Å². The van der Waals surface area contributed by atoms with Crippen LogP contribution >= 0.6 is 0 Å². The fourth-order valence-corrected chi connectivity index (χ4v) is 2.50. The predicted molar refractivity (Wildman–Crippen MR) is 72.9 cm³/mol. The van der Waals surface area contributed by atoms with Crippen molar-refractivity contribution >= 4 is 6.03 Å². The van der Waals surface area contributed by atoms with Crippen molar-refractivity contribution in [2.45, 2.75) is 25.1 Å². The van der Waals surface area contributed by atoms with E-state index < -0.39 is 6.10 Å². The Balaban J connectivity index is 1.61. The van der Waals surface area contributed by atoms with Gasteiger partial charge in [0.25, 0.3) is 0 Å². The Kier molecular flexibility index (Phi) is 3.39. The first-order valence-corrected chi connectivity index (χ1v) is 6.52. The number of fused-ring (bicyclic) bond motifs is 1. The van der Waals surface area contributed by atoms with E-state index in [2.05, 4.69) is 20.8 Å². The third-order valence-electron chi connectivity index (χ3n) is 3.49. The van der Waals surface area contributed by atoms with Crippen molar-refractivity contribution in [2.75, 3.05) is 0 Å². The second kappa shape index (κ2) is 5.34. The van der Waals surface area contributed by atoms with E-state index in [1.54, 1.807) is 12.3 Å². The van der Waals surface area contributed by atoms with E-state index in [4.69, 9.17) is 0 Å². The van der Waals surface area contributed by atoms with Crippen molar-refractivity contribution in [3.63, 3.8) is 0 Å². The molecular formula is C14H16N4O2. The normalized spacial score (nSPS) is 20.4. The Bertz CT molecular complexity index is 597. The molecule has 20 heavy (non-hydrogen) atoms. The average Bonchev–Trinajstić information content (AvgIpc) is 3.06. The smallest absolute Gasteiger partial charge is 0.315 e. The number of hydrogen-bond acceptors (Lipinski definition) is 3. The van der Waals surface area contributed by atoms with Gasteiger partial charge < -0.3 is 15.7 Å². The molecule has 0 saturated heterocycles. The minimum Gasteiger partial charge on any atom is -0.390 e. The Morgan fingerprint density at radius 1 is 1.40 bits per heavy atom. The van der Waals surface area contributed by atoms with Gasteiger partial charge in [-0.2, -0.15) is 5.10 Å². The summed E-state index contributed by atoms with van der Waals surface area (Å²) < 4.78 is 0. The summed E-state index contributed by atoms with van der Waals surface area (Å²) in [6, 6.07) is 8.89. The molecule has 6 heteroatoms. The van der Waals surface area contributed by atoms with E-state index >= 15 is 0 Å². The maximum Gasteiger partial charge on any atom is 0.315 e. The largest absolute Gasteiger partial charge is 0.390 e. The van der Waals surface area contributed by atoms with E-state index in [-0.39, 0.29) is 12.1 Å². The molecule has 104 valence electrons. The zero-order valence-corrected chi connectivity index (χ0v) is 10.8. The summed E-state index contributed by atoms with van der Waals surface area (Å²) in [4.78, 5) is 11.9. The Morgan fingerprint density at radius 2 is 2.25 bits per heavy atom. The van der Waals surface area contributed by atoms with Crippen LogP contribution in [-0.4, -0.2) is 27.4 Å². The maximum absolute atomic E-state index is 11.9. The van der Waals surface area contributed by atoms with Crippen molar-refractivity contribution < 1.29 is 9.90 Å². The number of benzene rings is 1. The number of amides is 2. The number of urea groups is 1. The van der Waals surface area contributed by atoms with Gasteiger partial charge in [-0.15, -0.1) is 0 Å². The summed E-state index contributed by atoms with van der Waals surface area (Å²) in [5, 5.41) is 22.2. The van der Waals surface area contributed by atoms with Gasteiger partial charge in [0.1, 0.15) is 0 Å². The molecule has 0 aliphatic heterocycles. The predicted octanol–water partition coefficient (Wildman–Crippen LogP) is 0.867. The van der Waals surface area contributed by atoms with Crippen LogP contribution in [0.2, 0.25) is 0 Å². The molecule has 1 aromatic carbocycles. The molecule has 0 spiro atoms. The van der Waals surface area contributed by atoms with Crippen LogP contribution in [0.15, 0.2) is 36.5 Å². The van der Waals surface area contributed by atoms with Crippen LogP contribution < -0.4 is 10.6 Å². The lowest BCUT2D eigenvalue weighted by Gasteiger charge is -2.18. The highest BCUT2D eigenvalue weighted by molar-refractivity contribution is 5.74. The van der Waals surface area contributed by atoms with Crippen molar-refractivity contribution in [1.82, 2.24) is 20.8 Å². The Morgan fingerprint density at radius 3 is 3.05 bits per heavy atom. The highest BCUT2D eigenvalue weighted by atomic mass is 16.3. The van der Waals surface area contributed by atoms with Gasteiger partial charge >= 0.3 is 6.03 Å². The van der Waals surface area contributed by atoms with Gasteiger partial charge in [0.2, 0.25) is 0 Å². The van der Waals surface area contributed by atoms with E-state index in [1.165, 1.54) is 0 Å². The van der Waals surface area contributed by atoms with E-state index in [9.17, 15) is 9.90 Å². The number of H-pyrrole nitrogens is 1. The lowest BCUT2D eigenvalue weighted by molar-refractivity contribution is 0.142. The number of aromatic amines is 1. The number of rotatable bonds is 3. The molecule has 4 N–H and O–H groups in total. The molecule has 1 aliphatic carbocycles. The van der Waals surface area contributed by atoms with Crippen LogP contribution in [0, 0.1) is 0 Å². The summed E-state index contributed by atoms with van der Waals surface area (Å²) in [7, 11) is 0. The summed E-state index contributed by atoms with van der Waals surface area (Å²) in [5.41, 5.74) is 2.89. The van der Waals surface area contributed by atoms with Crippen LogP contribution in [0.3, 0.4) is 0 Å². The number of hydrogen-bond donors (Lipinski definition) is 4. The number of aliphatic hydroxyl groups is 1. The average molecular weight is 272 g/mol. The van der Waals surface area contributed by atoms with Gasteiger partial charge in [-0.3, -0.25) is 5.10 Å². The van der Waals surface area contributed by atoms with E-state index in [1.807, 2.05) is 24.3 Å². The van der Waals surface area contributed by atoms with Crippen LogP contribution in [0.4, 0.5) is 4.79 Å². The quantitative estimate of drug-likeness (QED) is 0.668. The molecule has 6 nitrogen and oxygen atoms in total. The van der Waals surface area contributed by atoms with E-state index in [0.717, 1.165) is 16.8 Å². The zero-order valence-electron chi connectivity index (χ0n) is 10.8. The van der Waals surface area contributed by atoms with Gasteiger partial charge in [0, 0.05) is 12.6 Å². The van der Waals surface area contributed by atoms with Gasteiger partial charge in [-0.1, -0.05) is 24.3 Å². The molecule has 1 aromatic heterocycles. The number of aliphatic hydroxyl groups excluding tert-OH is 1. The summed E-state index contributed by atoms with van der Waals surface area (Å²) in [5.74, 6) is 0. The Labute approximate surface area is 116 Å². The number of carbonyl (C=O) groups is 1. The van der Waals surface area contributed by atoms with Crippen LogP contribution in [0.1, 0.15) is 22.9 Å². The summed E-state index contributed by atoms with van der Waals surface area (Å²) >= 11 is 0. The van der Waals surface area contributed by atoms with Crippen molar-refractivity contribution in [3.05, 3.63) is 53.3 Å². The van der Waals surface area contributed by atoms with Gasteiger partial charge in [0.05, 0.1) is 24.4 Å². The van der Waals surface area contributed by atoms with Crippen molar-refractivity contribution in [2.24, 2.45) is 0 Å². The lowest BCUT2D eigenvalue weighted by atomic mass is 10.1. The number of carbonyl (C=O) groups excluding carboxylic acids is 1.